The summed E-state index contributed by atoms with van der Waals surface area (Å²) < 4.78 is 23.0. The van der Waals surface area contributed by atoms with Crippen molar-refractivity contribution < 1.29 is 39.0 Å². The topological polar surface area (TPSA) is 164 Å². The van der Waals surface area contributed by atoms with E-state index in [2.05, 4.69) is 0 Å². The first-order valence-electron chi connectivity index (χ1n) is 9.72. The standard InChI is InChI=1S/C20H20N2O10/c23-15-9-29-19(11-3-1-5-13(7-11)21(25)26)31-16-10-30-20(32-18(16)17(15)24)12-4-2-6-14(8-12)22(27)28/h1-8,15-20,23-24H,9-10H2/t15-,16+,17+,18+,19?,20?/m0/s1. The molecule has 2 saturated heterocycles. The van der Waals surface area contributed by atoms with Crippen LogP contribution >= 0.6 is 0 Å². The Labute approximate surface area is 181 Å². The van der Waals surface area contributed by atoms with E-state index in [0.29, 0.717) is 11.1 Å². The summed E-state index contributed by atoms with van der Waals surface area (Å²) in [6.07, 6.45) is -6.77. The lowest BCUT2D eigenvalue weighted by atomic mass is 10.0. The first-order valence-corrected chi connectivity index (χ1v) is 9.72. The fraction of sp³-hybridized carbons (Fsp3) is 0.400. The van der Waals surface area contributed by atoms with Crippen LogP contribution in [0.4, 0.5) is 11.4 Å². The van der Waals surface area contributed by atoms with Gasteiger partial charge in [-0.3, -0.25) is 20.2 Å². The molecule has 2 aliphatic heterocycles. The molecule has 2 heterocycles. The molecule has 0 bridgehead atoms. The van der Waals surface area contributed by atoms with E-state index < -0.39 is 46.8 Å². The Morgan fingerprint density at radius 3 is 1.91 bits per heavy atom. The molecule has 170 valence electrons. The van der Waals surface area contributed by atoms with E-state index >= 15 is 0 Å². The molecule has 6 atom stereocenters. The zero-order valence-corrected chi connectivity index (χ0v) is 16.6. The highest BCUT2D eigenvalue weighted by Crippen LogP contribution is 2.35. The van der Waals surface area contributed by atoms with Gasteiger partial charge in [0, 0.05) is 35.4 Å². The fourth-order valence-electron chi connectivity index (χ4n) is 3.58. The lowest BCUT2D eigenvalue weighted by molar-refractivity contribution is -0.385. The van der Waals surface area contributed by atoms with Crippen molar-refractivity contribution in [3.05, 3.63) is 79.9 Å². The van der Waals surface area contributed by atoms with E-state index in [1.54, 1.807) is 12.1 Å². The van der Waals surface area contributed by atoms with Crippen molar-refractivity contribution in [3.63, 3.8) is 0 Å². The fourth-order valence-corrected chi connectivity index (χ4v) is 3.58. The third-order valence-electron chi connectivity index (χ3n) is 5.21. The second-order valence-electron chi connectivity index (χ2n) is 7.37. The molecular weight excluding hydrogens is 428 g/mol. The Balaban J connectivity index is 1.57. The Hall–Kier alpha value is -3.00. The van der Waals surface area contributed by atoms with Crippen LogP contribution in [0.1, 0.15) is 23.7 Å². The van der Waals surface area contributed by atoms with Crippen molar-refractivity contribution in [1.82, 2.24) is 0 Å². The van der Waals surface area contributed by atoms with E-state index in [9.17, 15) is 30.4 Å². The first-order chi connectivity index (χ1) is 15.3. The molecule has 0 aliphatic carbocycles. The number of benzene rings is 2. The molecule has 0 radical (unpaired) electrons. The second-order valence-corrected chi connectivity index (χ2v) is 7.37. The van der Waals surface area contributed by atoms with Gasteiger partial charge in [-0.15, -0.1) is 0 Å². The minimum Gasteiger partial charge on any atom is -0.388 e. The number of nitro benzene ring substituents is 2. The third kappa shape index (κ3) is 4.60. The molecular formula is C20H20N2O10. The quantitative estimate of drug-likeness (QED) is 0.520. The van der Waals surface area contributed by atoms with E-state index in [1.807, 2.05) is 0 Å². The smallest absolute Gasteiger partial charge is 0.269 e. The van der Waals surface area contributed by atoms with Gasteiger partial charge in [0.25, 0.3) is 11.4 Å². The van der Waals surface area contributed by atoms with Gasteiger partial charge in [0.15, 0.2) is 12.6 Å². The maximum atomic E-state index is 11.1. The van der Waals surface area contributed by atoms with Gasteiger partial charge in [0.1, 0.15) is 24.4 Å². The number of rotatable bonds is 4. The molecule has 12 nitrogen and oxygen atoms in total. The summed E-state index contributed by atoms with van der Waals surface area (Å²) >= 11 is 0. The largest absolute Gasteiger partial charge is 0.388 e. The van der Waals surface area contributed by atoms with E-state index in [-0.39, 0.29) is 24.6 Å². The average molecular weight is 448 g/mol. The minimum atomic E-state index is -1.39. The van der Waals surface area contributed by atoms with Crippen LogP contribution in [0.25, 0.3) is 0 Å². The molecule has 0 spiro atoms. The highest BCUT2D eigenvalue weighted by molar-refractivity contribution is 5.36. The van der Waals surface area contributed by atoms with Crippen LogP contribution in [0, 0.1) is 20.2 Å². The number of hydrogen-bond acceptors (Lipinski definition) is 10. The lowest BCUT2D eigenvalue weighted by Crippen LogP contribution is -2.55. The number of ether oxygens (including phenoxy) is 4. The number of nitrogens with zero attached hydrogens (tertiary/aromatic N) is 2. The normalized spacial score (nSPS) is 30.6. The zero-order chi connectivity index (χ0) is 22.8. The molecule has 0 saturated carbocycles. The number of aliphatic hydroxyl groups is 2. The van der Waals surface area contributed by atoms with Crippen LogP contribution in [0.2, 0.25) is 0 Å². The molecule has 4 rings (SSSR count). The van der Waals surface area contributed by atoms with Crippen molar-refractivity contribution >= 4 is 11.4 Å². The second kappa shape index (κ2) is 9.24. The number of non-ortho nitro benzene ring substituents is 2. The summed E-state index contributed by atoms with van der Waals surface area (Å²) in [5.74, 6) is 0. The van der Waals surface area contributed by atoms with Gasteiger partial charge >= 0.3 is 0 Å². The molecule has 0 amide bonds. The van der Waals surface area contributed by atoms with Crippen molar-refractivity contribution in [2.75, 3.05) is 13.2 Å². The van der Waals surface area contributed by atoms with Gasteiger partial charge in [-0.25, -0.2) is 0 Å². The number of aliphatic hydroxyl groups excluding tert-OH is 2. The van der Waals surface area contributed by atoms with E-state index in [0.717, 1.165) is 0 Å². The molecule has 2 aromatic rings. The van der Waals surface area contributed by atoms with Gasteiger partial charge in [0.05, 0.1) is 23.1 Å². The van der Waals surface area contributed by atoms with Crippen LogP contribution in [0.3, 0.4) is 0 Å². The lowest BCUT2D eigenvalue weighted by Gasteiger charge is -2.42. The van der Waals surface area contributed by atoms with Gasteiger partial charge in [0.2, 0.25) is 0 Å². The van der Waals surface area contributed by atoms with Crippen molar-refractivity contribution in [2.24, 2.45) is 0 Å². The van der Waals surface area contributed by atoms with Crippen molar-refractivity contribution in [3.8, 4) is 0 Å². The maximum absolute atomic E-state index is 11.1. The summed E-state index contributed by atoms with van der Waals surface area (Å²) in [4.78, 5) is 21.0. The third-order valence-corrected chi connectivity index (χ3v) is 5.21. The number of fused-ring (bicyclic) bond motifs is 1. The van der Waals surface area contributed by atoms with Crippen LogP contribution in [0.5, 0.6) is 0 Å². The van der Waals surface area contributed by atoms with Gasteiger partial charge in [-0.1, -0.05) is 24.3 Å². The summed E-state index contributed by atoms with van der Waals surface area (Å²) in [5.41, 5.74) is 0.413. The average Bonchev–Trinajstić information content (AvgIpc) is 2.80. The monoisotopic (exact) mass is 448 g/mol. The SMILES string of the molecule is O=[N+]([O-])c1cccc(C2OC[C@H]3OC(c4cccc([N+](=O)[O-])c4)OC[C@H](O)[C@@H](O)[C@@H]3O2)c1. The van der Waals surface area contributed by atoms with E-state index in [4.69, 9.17) is 18.9 Å². The van der Waals surface area contributed by atoms with Gasteiger partial charge in [-0.2, -0.15) is 0 Å². The molecule has 0 aromatic heterocycles. The molecule has 32 heavy (non-hydrogen) atoms. The Morgan fingerprint density at radius 2 is 1.34 bits per heavy atom. The Bertz CT molecular complexity index is 1000. The summed E-state index contributed by atoms with van der Waals surface area (Å²) in [6.45, 7) is -0.403. The maximum Gasteiger partial charge on any atom is 0.269 e. The zero-order valence-electron chi connectivity index (χ0n) is 16.6. The molecule has 2 aromatic carbocycles. The van der Waals surface area contributed by atoms with Crippen LogP contribution in [0.15, 0.2) is 48.5 Å². The van der Waals surface area contributed by atoms with Gasteiger partial charge < -0.3 is 29.2 Å². The molecule has 2 unspecified atom stereocenters. The van der Waals surface area contributed by atoms with Crippen LogP contribution in [-0.4, -0.2) is 57.7 Å². The first kappa shape index (κ1) is 22.2. The molecule has 2 aliphatic rings. The van der Waals surface area contributed by atoms with Crippen molar-refractivity contribution in [2.45, 2.75) is 37.0 Å². The Morgan fingerprint density at radius 1 is 0.812 bits per heavy atom. The van der Waals surface area contributed by atoms with Crippen LogP contribution < -0.4 is 0 Å². The molecule has 2 fully saturated rings. The minimum absolute atomic E-state index is 0.0867. The molecule has 2 N–H and O–H groups in total. The predicted molar refractivity (Wildman–Crippen MR) is 105 cm³/mol. The number of hydrogen-bond donors (Lipinski definition) is 2. The number of nitro groups is 2. The highest BCUT2D eigenvalue weighted by atomic mass is 16.7. The van der Waals surface area contributed by atoms with Crippen LogP contribution in [-0.2, 0) is 18.9 Å². The summed E-state index contributed by atoms with van der Waals surface area (Å²) in [7, 11) is 0. The summed E-state index contributed by atoms with van der Waals surface area (Å²) in [6, 6.07) is 11.4. The molecule has 12 heteroatoms. The van der Waals surface area contributed by atoms with E-state index in [1.165, 1.54) is 36.4 Å². The Kier molecular flexibility index (Phi) is 6.41. The predicted octanol–water partition coefficient (Wildman–Crippen LogP) is 1.75. The highest BCUT2D eigenvalue weighted by Gasteiger charge is 2.44. The summed E-state index contributed by atoms with van der Waals surface area (Å²) in [5, 5.41) is 43.1. The van der Waals surface area contributed by atoms with Crippen molar-refractivity contribution in [1.29, 1.82) is 0 Å². The van der Waals surface area contributed by atoms with Gasteiger partial charge in [-0.05, 0) is 0 Å².